The molecular formula is C12H14OS. The smallest absolute Gasteiger partial charge is 0.162 e. The molecule has 74 valence electrons. The third kappa shape index (κ3) is 3.71. The van der Waals surface area contributed by atoms with Crippen molar-refractivity contribution in [2.24, 2.45) is 0 Å². The molecule has 0 radical (unpaired) electrons. The normalized spacial score (nSPS) is 11.7. The van der Waals surface area contributed by atoms with Crippen LogP contribution in [0.25, 0.3) is 0 Å². The average molecular weight is 206 g/mol. The third-order valence-electron chi connectivity index (χ3n) is 1.57. The maximum absolute atomic E-state index is 5.66. The van der Waals surface area contributed by atoms with Gasteiger partial charge in [0.15, 0.2) is 5.44 Å². The lowest BCUT2D eigenvalue weighted by Crippen LogP contribution is -2.08. The summed E-state index contributed by atoms with van der Waals surface area (Å²) in [4.78, 5) is 0. The van der Waals surface area contributed by atoms with Crippen LogP contribution in [0.1, 0.15) is 0 Å². The Kier molecular flexibility index (Phi) is 4.94. The van der Waals surface area contributed by atoms with Gasteiger partial charge < -0.3 is 4.74 Å². The van der Waals surface area contributed by atoms with E-state index in [1.807, 2.05) is 36.4 Å². The van der Waals surface area contributed by atoms with Crippen LogP contribution in [-0.4, -0.2) is 11.2 Å². The van der Waals surface area contributed by atoms with E-state index < -0.39 is 0 Å². The zero-order valence-electron chi connectivity index (χ0n) is 8.06. The molecule has 0 saturated heterocycles. The fourth-order valence-corrected chi connectivity index (χ4v) is 1.59. The lowest BCUT2D eigenvalue weighted by atomic mass is 10.3. The van der Waals surface area contributed by atoms with Crippen molar-refractivity contribution in [3.63, 3.8) is 0 Å². The van der Waals surface area contributed by atoms with Crippen LogP contribution in [0.15, 0.2) is 55.6 Å². The Morgan fingerprint density at radius 3 is 2.57 bits per heavy atom. The van der Waals surface area contributed by atoms with Crippen LogP contribution in [0.4, 0.5) is 0 Å². The summed E-state index contributed by atoms with van der Waals surface area (Å²) in [5.41, 5.74) is -0.00426. The van der Waals surface area contributed by atoms with Crippen LogP contribution in [-0.2, 0) is 0 Å². The highest BCUT2D eigenvalue weighted by Gasteiger charge is 2.04. The topological polar surface area (TPSA) is 9.23 Å². The lowest BCUT2D eigenvalue weighted by Gasteiger charge is -2.13. The summed E-state index contributed by atoms with van der Waals surface area (Å²) >= 11 is 1.66. The van der Waals surface area contributed by atoms with Gasteiger partial charge in [-0.15, -0.1) is 18.3 Å². The van der Waals surface area contributed by atoms with Gasteiger partial charge in [0, 0.05) is 5.75 Å². The molecule has 0 fully saturated rings. The zero-order chi connectivity index (χ0) is 10.2. The summed E-state index contributed by atoms with van der Waals surface area (Å²) in [5.74, 6) is 1.73. The van der Waals surface area contributed by atoms with Gasteiger partial charge in [-0.25, -0.2) is 0 Å². The van der Waals surface area contributed by atoms with Gasteiger partial charge in [-0.2, -0.15) is 0 Å². The summed E-state index contributed by atoms with van der Waals surface area (Å²) in [6.45, 7) is 7.39. The minimum Gasteiger partial charge on any atom is -0.476 e. The first-order chi connectivity index (χ1) is 6.86. The van der Waals surface area contributed by atoms with Crippen LogP contribution in [0.5, 0.6) is 5.75 Å². The standard InChI is InChI=1S/C12H14OS/c1-3-10-14-12(4-2)13-11-8-6-5-7-9-11/h3-9,12H,1-2,10H2. The molecule has 0 bridgehead atoms. The summed E-state index contributed by atoms with van der Waals surface area (Å²) in [5, 5.41) is 0. The molecule has 1 rings (SSSR count). The van der Waals surface area contributed by atoms with Crippen molar-refractivity contribution in [1.82, 2.24) is 0 Å². The van der Waals surface area contributed by atoms with Gasteiger partial charge in [0.2, 0.25) is 0 Å². The van der Waals surface area contributed by atoms with Gasteiger partial charge in [0.1, 0.15) is 5.75 Å². The SMILES string of the molecule is C=CCSC(C=C)Oc1ccccc1. The zero-order valence-corrected chi connectivity index (χ0v) is 8.87. The van der Waals surface area contributed by atoms with Gasteiger partial charge in [0.05, 0.1) is 0 Å². The van der Waals surface area contributed by atoms with E-state index in [1.165, 1.54) is 0 Å². The second-order valence-corrected chi connectivity index (χ2v) is 3.79. The largest absolute Gasteiger partial charge is 0.476 e. The van der Waals surface area contributed by atoms with E-state index >= 15 is 0 Å². The highest BCUT2D eigenvalue weighted by molar-refractivity contribution is 8.00. The van der Waals surface area contributed by atoms with E-state index in [0.29, 0.717) is 0 Å². The number of thioether (sulfide) groups is 1. The molecule has 0 spiro atoms. The average Bonchev–Trinajstić information content (AvgIpc) is 2.25. The molecule has 0 aliphatic rings. The Balaban J connectivity index is 2.48. The van der Waals surface area contributed by atoms with Crippen molar-refractivity contribution >= 4 is 11.8 Å². The molecule has 0 aliphatic carbocycles. The number of rotatable bonds is 6. The maximum Gasteiger partial charge on any atom is 0.162 e. The number of para-hydroxylation sites is 1. The van der Waals surface area contributed by atoms with Gasteiger partial charge in [-0.1, -0.05) is 30.9 Å². The molecule has 2 heteroatoms. The molecule has 1 aromatic rings. The van der Waals surface area contributed by atoms with Gasteiger partial charge >= 0.3 is 0 Å². The van der Waals surface area contributed by atoms with E-state index in [0.717, 1.165) is 11.5 Å². The Bertz CT molecular complexity index is 282. The van der Waals surface area contributed by atoms with E-state index in [9.17, 15) is 0 Å². The minimum atomic E-state index is -0.00426. The monoisotopic (exact) mass is 206 g/mol. The quantitative estimate of drug-likeness (QED) is 0.520. The predicted octanol–water partition coefficient (Wildman–Crippen LogP) is 3.50. The van der Waals surface area contributed by atoms with Crippen molar-refractivity contribution in [3.8, 4) is 5.75 Å². The van der Waals surface area contributed by atoms with Crippen molar-refractivity contribution in [3.05, 3.63) is 55.6 Å². The summed E-state index contributed by atoms with van der Waals surface area (Å²) in [6, 6.07) is 9.74. The molecule has 0 amide bonds. The summed E-state index contributed by atoms with van der Waals surface area (Å²) < 4.78 is 5.66. The molecule has 1 nitrogen and oxygen atoms in total. The highest BCUT2D eigenvalue weighted by atomic mass is 32.2. The fourth-order valence-electron chi connectivity index (χ4n) is 0.946. The molecule has 0 saturated carbocycles. The molecule has 1 atom stereocenters. The number of benzene rings is 1. The van der Waals surface area contributed by atoms with Crippen molar-refractivity contribution in [1.29, 1.82) is 0 Å². The minimum absolute atomic E-state index is 0.00426. The van der Waals surface area contributed by atoms with Gasteiger partial charge in [-0.05, 0) is 18.2 Å². The Hall–Kier alpha value is -1.15. The van der Waals surface area contributed by atoms with Crippen molar-refractivity contribution < 1.29 is 4.74 Å². The van der Waals surface area contributed by atoms with Crippen LogP contribution < -0.4 is 4.74 Å². The maximum atomic E-state index is 5.66. The Morgan fingerprint density at radius 2 is 2.00 bits per heavy atom. The molecule has 1 unspecified atom stereocenters. The molecule has 0 N–H and O–H groups in total. The first-order valence-corrected chi connectivity index (χ1v) is 5.48. The Labute approximate surface area is 89.5 Å². The van der Waals surface area contributed by atoms with E-state index in [4.69, 9.17) is 4.74 Å². The molecule has 14 heavy (non-hydrogen) atoms. The summed E-state index contributed by atoms with van der Waals surface area (Å²) in [7, 11) is 0. The predicted molar refractivity (Wildman–Crippen MR) is 63.7 cm³/mol. The van der Waals surface area contributed by atoms with Crippen molar-refractivity contribution in [2.75, 3.05) is 5.75 Å². The number of hydrogen-bond donors (Lipinski definition) is 0. The molecule has 0 heterocycles. The third-order valence-corrected chi connectivity index (χ3v) is 2.61. The molecule has 0 aromatic heterocycles. The van der Waals surface area contributed by atoms with E-state index in [2.05, 4.69) is 13.2 Å². The molecule has 1 aromatic carbocycles. The summed E-state index contributed by atoms with van der Waals surface area (Å²) in [6.07, 6.45) is 3.65. The van der Waals surface area contributed by atoms with Crippen LogP contribution in [0.2, 0.25) is 0 Å². The first-order valence-electron chi connectivity index (χ1n) is 4.43. The Morgan fingerprint density at radius 1 is 1.29 bits per heavy atom. The van der Waals surface area contributed by atoms with Gasteiger partial charge in [-0.3, -0.25) is 0 Å². The van der Waals surface area contributed by atoms with Crippen LogP contribution in [0.3, 0.4) is 0 Å². The highest BCUT2D eigenvalue weighted by Crippen LogP contribution is 2.18. The van der Waals surface area contributed by atoms with Crippen LogP contribution >= 0.6 is 11.8 Å². The number of hydrogen-bond acceptors (Lipinski definition) is 2. The second-order valence-electron chi connectivity index (χ2n) is 2.66. The van der Waals surface area contributed by atoms with Crippen LogP contribution in [0, 0.1) is 0 Å². The van der Waals surface area contributed by atoms with E-state index in [1.54, 1.807) is 17.8 Å². The number of ether oxygens (including phenoxy) is 1. The van der Waals surface area contributed by atoms with Gasteiger partial charge in [0.25, 0.3) is 0 Å². The first kappa shape index (κ1) is 10.9. The van der Waals surface area contributed by atoms with E-state index in [-0.39, 0.29) is 5.44 Å². The van der Waals surface area contributed by atoms with Crippen molar-refractivity contribution in [2.45, 2.75) is 5.44 Å². The lowest BCUT2D eigenvalue weighted by molar-refractivity contribution is 0.333. The second kappa shape index (κ2) is 6.33. The molecule has 0 aliphatic heterocycles. The molecular weight excluding hydrogens is 192 g/mol. The fraction of sp³-hybridized carbons (Fsp3) is 0.167.